The van der Waals surface area contributed by atoms with Gasteiger partial charge in [0, 0.05) is 0 Å². The Morgan fingerprint density at radius 1 is 1.79 bits per heavy atom. The summed E-state index contributed by atoms with van der Waals surface area (Å²) in [6.07, 6.45) is 1.55. The number of nitriles is 1. The number of rotatable bonds is 1. The molecular weight excluding hydrogens is 218 g/mol. The Hall–Kier alpha value is -1.39. The number of hydrogen-bond donors (Lipinski definition) is 1. The van der Waals surface area contributed by atoms with Gasteiger partial charge in [0.25, 0.3) is 12.4 Å². The molecule has 0 spiro atoms. The zero-order chi connectivity index (χ0) is 10.1. The minimum absolute atomic E-state index is 0.219. The van der Waals surface area contributed by atoms with E-state index in [-0.39, 0.29) is 6.54 Å². The second-order valence-electron chi connectivity index (χ2n) is 2.81. The minimum atomic E-state index is 0.219. The normalized spacial score (nSPS) is 13.2. The molecule has 0 unspecified atom stereocenters. The van der Waals surface area contributed by atoms with Crippen LogP contribution in [0.25, 0.3) is 0 Å². The molecule has 1 aromatic rings. The van der Waals surface area contributed by atoms with Gasteiger partial charge < -0.3 is 4.57 Å². The molecule has 70 valence electrons. The molecule has 0 aromatic carbocycles. The maximum atomic E-state index is 8.55. The van der Waals surface area contributed by atoms with Crippen molar-refractivity contribution in [2.75, 3.05) is 5.43 Å². The van der Waals surface area contributed by atoms with E-state index in [1.165, 1.54) is 4.05 Å². The van der Waals surface area contributed by atoms with Crippen molar-refractivity contribution < 1.29 is 4.05 Å². The first kappa shape index (κ1) is 9.18. The number of hydrogen-bond acceptors (Lipinski definition) is 4. The summed E-state index contributed by atoms with van der Waals surface area (Å²) in [5.74, 6) is 0.694. The highest BCUT2D eigenvalue weighted by molar-refractivity contribution is 7.71. The Morgan fingerprint density at radius 3 is 3.29 bits per heavy atom. The van der Waals surface area contributed by atoms with Gasteiger partial charge in [0.1, 0.15) is 16.7 Å². The lowest BCUT2D eigenvalue weighted by Gasteiger charge is -2.00. The van der Waals surface area contributed by atoms with Gasteiger partial charge in [-0.1, -0.05) is 12.2 Å². The maximum Gasteiger partial charge on any atom is 0.298 e. The summed E-state index contributed by atoms with van der Waals surface area (Å²) in [5, 5.41) is 8.55. The van der Waals surface area contributed by atoms with Gasteiger partial charge in [-0.25, -0.2) is 4.98 Å². The Morgan fingerprint density at radius 2 is 2.57 bits per heavy atom. The van der Waals surface area contributed by atoms with Crippen LogP contribution in [-0.2, 0) is 25.5 Å². The molecule has 2 rings (SSSR count). The molecule has 0 fully saturated rings. The number of hydrazine groups is 1. The Bertz CT molecular complexity index is 498. The van der Waals surface area contributed by atoms with Crippen LogP contribution in [0.15, 0.2) is 6.33 Å². The Balaban J connectivity index is 2.55. The van der Waals surface area contributed by atoms with Crippen molar-refractivity contribution in [3.63, 3.8) is 0 Å². The van der Waals surface area contributed by atoms with Gasteiger partial charge in [0.2, 0.25) is 6.54 Å². The molecule has 0 amide bonds. The van der Waals surface area contributed by atoms with Gasteiger partial charge >= 0.3 is 0 Å². The van der Waals surface area contributed by atoms with E-state index in [0.29, 0.717) is 17.0 Å². The van der Waals surface area contributed by atoms with Gasteiger partial charge in [0.05, 0.1) is 12.4 Å². The Kier molecular flexibility index (Phi) is 2.23. The third-order valence-electron chi connectivity index (χ3n) is 1.90. The molecule has 0 radical (unpaired) electrons. The molecule has 5 nitrogen and oxygen atoms in total. The first-order chi connectivity index (χ1) is 6.72. The highest BCUT2D eigenvalue weighted by Gasteiger charge is 2.24. The lowest BCUT2D eigenvalue weighted by atomic mass is 10.3. The first-order valence-corrected chi connectivity index (χ1v) is 4.66. The fourth-order valence-electron chi connectivity index (χ4n) is 1.26. The molecular formula is C7H6N5S2+. The van der Waals surface area contributed by atoms with Crippen LogP contribution in [0.5, 0.6) is 0 Å². The Labute approximate surface area is 90.7 Å². The third kappa shape index (κ3) is 1.38. The average Bonchev–Trinajstić information content (AvgIpc) is 2.52. The fraction of sp³-hybridized carbons (Fsp3) is 0.286. The van der Waals surface area contributed by atoms with Crippen molar-refractivity contribution in [3.05, 3.63) is 16.5 Å². The summed E-state index contributed by atoms with van der Waals surface area (Å²) in [5.41, 5.74) is 3.76. The number of aromatic nitrogens is 2. The summed E-state index contributed by atoms with van der Waals surface area (Å²) in [6.45, 7) is 0.763. The summed E-state index contributed by atoms with van der Waals surface area (Å²) >= 11 is 10.1. The van der Waals surface area contributed by atoms with Crippen molar-refractivity contribution in [3.8, 4) is 6.07 Å². The molecule has 1 aromatic heterocycles. The van der Waals surface area contributed by atoms with Crippen molar-refractivity contribution in [2.24, 2.45) is 0 Å². The van der Waals surface area contributed by atoms with Gasteiger partial charge in [-0.3, -0.25) is 0 Å². The molecule has 0 saturated heterocycles. The standard InChI is InChI=1S/C7H5N5S2/c8-1-2-11-4-9-6-5(7(11)13)3-12(14)10-6/h4H,2-3H2/p+1. The van der Waals surface area contributed by atoms with Crippen LogP contribution in [0.1, 0.15) is 5.56 Å². The molecule has 2 heterocycles. The zero-order valence-corrected chi connectivity index (χ0v) is 8.73. The minimum Gasteiger partial charge on any atom is -0.309 e. The quantitative estimate of drug-likeness (QED) is 0.562. The van der Waals surface area contributed by atoms with Crippen molar-refractivity contribution in [1.29, 1.82) is 5.26 Å². The second-order valence-corrected chi connectivity index (χ2v) is 3.64. The molecule has 7 heteroatoms. The highest BCUT2D eigenvalue weighted by Crippen LogP contribution is 2.20. The van der Waals surface area contributed by atoms with E-state index in [9.17, 15) is 0 Å². The summed E-state index contributed by atoms with van der Waals surface area (Å²) in [4.78, 5) is 4.11. The molecule has 0 aliphatic carbocycles. The van der Waals surface area contributed by atoms with E-state index >= 15 is 0 Å². The van der Waals surface area contributed by atoms with E-state index in [0.717, 1.165) is 5.56 Å². The molecule has 1 aliphatic heterocycles. The predicted molar refractivity (Wildman–Crippen MR) is 53.6 cm³/mol. The summed E-state index contributed by atoms with van der Waals surface area (Å²) in [6, 6.07) is 2.02. The van der Waals surface area contributed by atoms with E-state index in [1.807, 2.05) is 6.07 Å². The first-order valence-electron chi connectivity index (χ1n) is 3.89. The topological polar surface area (TPSA) is 56.6 Å². The van der Waals surface area contributed by atoms with E-state index < -0.39 is 0 Å². The lowest BCUT2D eigenvalue weighted by Crippen LogP contribution is -2.05. The number of anilines is 1. The molecule has 0 bridgehead atoms. The van der Waals surface area contributed by atoms with Crippen LogP contribution in [0, 0.1) is 16.0 Å². The van der Waals surface area contributed by atoms with Crippen LogP contribution in [-0.4, -0.2) is 13.6 Å². The van der Waals surface area contributed by atoms with Gasteiger partial charge in [-0.05, 0) is 4.05 Å². The third-order valence-corrected chi connectivity index (χ3v) is 2.61. The van der Waals surface area contributed by atoms with Crippen LogP contribution < -0.4 is 5.43 Å². The monoisotopic (exact) mass is 224 g/mol. The van der Waals surface area contributed by atoms with Crippen LogP contribution in [0.2, 0.25) is 0 Å². The van der Waals surface area contributed by atoms with Crippen LogP contribution in [0.3, 0.4) is 0 Å². The van der Waals surface area contributed by atoms with Gasteiger partial charge in [-0.2, -0.15) is 5.26 Å². The molecule has 1 N–H and O–H groups in total. The maximum absolute atomic E-state index is 8.55. The molecule has 1 aliphatic rings. The second kappa shape index (κ2) is 3.40. The largest absolute Gasteiger partial charge is 0.309 e. The van der Waals surface area contributed by atoms with Crippen LogP contribution in [0.4, 0.5) is 5.82 Å². The molecule has 0 atom stereocenters. The number of nitrogens with zero attached hydrogens (tertiary/aromatic N) is 4. The van der Waals surface area contributed by atoms with E-state index in [1.54, 1.807) is 10.9 Å². The van der Waals surface area contributed by atoms with Crippen molar-refractivity contribution >= 4 is 30.5 Å². The number of fused-ring (bicyclic) bond motifs is 1. The highest BCUT2D eigenvalue weighted by atomic mass is 32.1. The predicted octanol–water partition coefficient (Wildman–Crippen LogP) is 0.720. The summed E-state index contributed by atoms with van der Waals surface area (Å²) in [7, 11) is 0. The fourth-order valence-corrected chi connectivity index (χ4v) is 1.75. The zero-order valence-electron chi connectivity index (χ0n) is 7.10. The van der Waals surface area contributed by atoms with Gasteiger partial charge in [-0.15, -0.1) is 5.43 Å². The summed E-state index contributed by atoms with van der Waals surface area (Å²) < 4.78 is 3.74. The van der Waals surface area contributed by atoms with Crippen molar-refractivity contribution in [1.82, 2.24) is 9.55 Å². The average molecular weight is 224 g/mol. The molecule has 0 saturated carbocycles. The van der Waals surface area contributed by atoms with Crippen molar-refractivity contribution in [2.45, 2.75) is 13.1 Å². The van der Waals surface area contributed by atoms with E-state index in [2.05, 4.69) is 10.4 Å². The van der Waals surface area contributed by atoms with E-state index in [4.69, 9.17) is 29.9 Å². The SMILES string of the molecule is N#CCn1cnc2c(c1=S)C[N+](=S)N2. The lowest BCUT2D eigenvalue weighted by molar-refractivity contribution is -0.473. The number of nitrogens with one attached hydrogen (secondary N) is 1. The smallest absolute Gasteiger partial charge is 0.298 e. The molecule has 14 heavy (non-hydrogen) atoms. The van der Waals surface area contributed by atoms with Gasteiger partial charge in [0.15, 0.2) is 5.82 Å². The van der Waals surface area contributed by atoms with Crippen LogP contribution >= 0.6 is 12.2 Å².